The quantitative estimate of drug-likeness (QED) is 0.580. The fraction of sp³-hybridized carbons (Fsp3) is 0.368. The lowest BCUT2D eigenvalue weighted by Crippen LogP contribution is -2.24. The summed E-state index contributed by atoms with van der Waals surface area (Å²) >= 11 is 0. The first-order chi connectivity index (χ1) is 12.8. The van der Waals surface area contributed by atoms with Crippen LogP contribution in [0, 0.1) is 17.0 Å². The summed E-state index contributed by atoms with van der Waals surface area (Å²) in [7, 11) is -3.85. The van der Waals surface area contributed by atoms with E-state index in [1.54, 1.807) is 6.92 Å². The molecule has 8 heteroatoms. The zero-order valence-corrected chi connectivity index (χ0v) is 16.0. The molecule has 1 saturated heterocycles. The van der Waals surface area contributed by atoms with Crippen molar-refractivity contribution in [1.82, 2.24) is 9.62 Å². The number of nitrogens with zero attached hydrogens (tertiary/aromatic N) is 2. The second-order valence-corrected chi connectivity index (χ2v) is 8.57. The maximum absolute atomic E-state index is 12.6. The van der Waals surface area contributed by atoms with E-state index in [9.17, 15) is 18.5 Å². The first-order valence-corrected chi connectivity index (χ1v) is 10.4. The highest BCUT2D eigenvalue weighted by molar-refractivity contribution is 7.89. The SMILES string of the molecule is Cc1ccc([N+](=O)[O-])cc1S(=O)(=O)NCc1cccc(CN2CCCC2)c1. The number of non-ortho nitro benzene ring substituents is 1. The molecule has 2 aromatic rings. The van der Waals surface area contributed by atoms with Crippen LogP contribution in [0.3, 0.4) is 0 Å². The molecule has 0 bridgehead atoms. The summed E-state index contributed by atoms with van der Waals surface area (Å²) in [5.41, 5.74) is 2.24. The van der Waals surface area contributed by atoms with Crippen molar-refractivity contribution < 1.29 is 13.3 Å². The molecule has 0 saturated carbocycles. The van der Waals surface area contributed by atoms with E-state index in [-0.39, 0.29) is 17.1 Å². The summed E-state index contributed by atoms with van der Waals surface area (Å²) in [4.78, 5) is 12.7. The second kappa shape index (κ2) is 8.16. The zero-order chi connectivity index (χ0) is 19.4. The van der Waals surface area contributed by atoms with Crippen LogP contribution in [0.4, 0.5) is 5.69 Å². The van der Waals surface area contributed by atoms with Gasteiger partial charge in [-0.25, -0.2) is 13.1 Å². The van der Waals surface area contributed by atoms with Crippen molar-refractivity contribution in [1.29, 1.82) is 0 Å². The molecule has 1 fully saturated rings. The molecule has 1 heterocycles. The summed E-state index contributed by atoms with van der Waals surface area (Å²) in [5.74, 6) is 0. The maximum atomic E-state index is 12.6. The number of nitro groups is 1. The van der Waals surface area contributed by atoms with Crippen LogP contribution in [-0.2, 0) is 23.1 Å². The number of hydrogen-bond donors (Lipinski definition) is 1. The van der Waals surface area contributed by atoms with Crippen LogP contribution in [0.15, 0.2) is 47.4 Å². The van der Waals surface area contributed by atoms with Crippen LogP contribution in [0.1, 0.15) is 29.5 Å². The largest absolute Gasteiger partial charge is 0.299 e. The van der Waals surface area contributed by atoms with Gasteiger partial charge in [0.15, 0.2) is 0 Å². The smallest absolute Gasteiger partial charge is 0.270 e. The van der Waals surface area contributed by atoms with E-state index in [1.807, 2.05) is 24.3 Å². The van der Waals surface area contributed by atoms with E-state index >= 15 is 0 Å². The van der Waals surface area contributed by atoms with E-state index < -0.39 is 14.9 Å². The highest BCUT2D eigenvalue weighted by Crippen LogP contribution is 2.22. The third-order valence-electron chi connectivity index (χ3n) is 4.73. The summed E-state index contributed by atoms with van der Waals surface area (Å²) < 4.78 is 27.8. The van der Waals surface area contributed by atoms with Crippen molar-refractivity contribution in [2.24, 2.45) is 0 Å². The first kappa shape index (κ1) is 19.5. The molecule has 1 aliphatic heterocycles. The molecule has 0 unspecified atom stereocenters. The predicted molar refractivity (Wildman–Crippen MR) is 103 cm³/mol. The number of benzene rings is 2. The second-order valence-electron chi connectivity index (χ2n) is 6.83. The fourth-order valence-electron chi connectivity index (χ4n) is 3.28. The normalized spacial score (nSPS) is 15.1. The van der Waals surface area contributed by atoms with Crippen molar-refractivity contribution >= 4 is 15.7 Å². The molecule has 2 aromatic carbocycles. The lowest BCUT2D eigenvalue weighted by molar-refractivity contribution is -0.385. The number of hydrogen-bond acceptors (Lipinski definition) is 5. The molecular weight excluding hydrogens is 366 g/mol. The molecule has 1 aliphatic rings. The minimum Gasteiger partial charge on any atom is -0.299 e. The van der Waals surface area contributed by atoms with Gasteiger partial charge in [-0.3, -0.25) is 15.0 Å². The Kier molecular flexibility index (Phi) is 5.88. The highest BCUT2D eigenvalue weighted by Gasteiger charge is 2.20. The Bertz CT molecular complexity index is 938. The topological polar surface area (TPSA) is 92.5 Å². The summed E-state index contributed by atoms with van der Waals surface area (Å²) in [6.07, 6.45) is 2.45. The van der Waals surface area contributed by atoms with Gasteiger partial charge in [0.2, 0.25) is 10.0 Å². The number of nitrogens with one attached hydrogen (secondary N) is 1. The predicted octanol–water partition coefficient (Wildman–Crippen LogP) is 2.98. The monoisotopic (exact) mass is 389 g/mol. The molecule has 0 atom stereocenters. The molecule has 0 amide bonds. The fourth-order valence-corrected chi connectivity index (χ4v) is 4.56. The Hall–Kier alpha value is -2.29. The van der Waals surface area contributed by atoms with Gasteiger partial charge in [-0.2, -0.15) is 0 Å². The molecule has 1 N–H and O–H groups in total. The molecule has 144 valence electrons. The molecule has 0 radical (unpaired) electrons. The number of nitro benzene ring substituents is 1. The number of likely N-dealkylation sites (tertiary alicyclic amines) is 1. The number of rotatable bonds is 7. The standard InChI is InChI=1S/C19H23N3O4S/c1-15-7-8-18(22(23)24)12-19(15)27(25,26)20-13-16-5-4-6-17(11-16)14-21-9-2-3-10-21/h4-8,11-12,20H,2-3,9-10,13-14H2,1H3. The van der Waals surface area contributed by atoms with Crippen LogP contribution in [0.25, 0.3) is 0 Å². The third kappa shape index (κ3) is 4.91. The number of aryl methyl sites for hydroxylation is 1. The molecule has 27 heavy (non-hydrogen) atoms. The van der Waals surface area contributed by atoms with E-state index in [4.69, 9.17) is 0 Å². The summed E-state index contributed by atoms with van der Waals surface area (Å²) in [6, 6.07) is 11.7. The van der Waals surface area contributed by atoms with Crippen LogP contribution < -0.4 is 4.72 Å². The van der Waals surface area contributed by atoms with Gasteiger partial charge in [0.1, 0.15) is 0 Å². The summed E-state index contributed by atoms with van der Waals surface area (Å²) in [5, 5.41) is 10.9. The van der Waals surface area contributed by atoms with E-state index in [1.165, 1.54) is 25.0 Å². The maximum Gasteiger partial charge on any atom is 0.270 e. The molecule has 0 spiro atoms. The Balaban J connectivity index is 1.72. The van der Waals surface area contributed by atoms with Crippen LogP contribution in [0.2, 0.25) is 0 Å². The lowest BCUT2D eigenvalue weighted by Gasteiger charge is -2.15. The minimum absolute atomic E-state index is 0.0649. The van der Waals surface area contributed by atoms with Gasteiger partial charge in [-0.1, -0.05) is 30.3 Å². The molecule has 0 aromatic heterocycles. The average Bonchev–Trinajstić information content (AvgIpc) is 3.13. The Labute approximate surface area is 159 Å². The molecular formula is C19H23N3O4S. The van der Waals surface area contributed by atoms with Crippen molar-refractivity contribution in [2.45, 2.75) is 37.8 Å². The molecule has 3 rings (SSSR count). The van der Waals surface area contributed by atoms with Gasteiger partial charge in [-0.15, -0.1) is 0 Å². The summed E-state index contributed by atoms with van der Waals surface area (Å²) in [6.45, 7) is 4.82. The number of sulfonamides is 1. The Morgan fingerprint density at radius 1 is 1.11 bits per heavy atom. The van der Waals surface area contributed by atoms with Gasteiger partial charge >= 0.3 is 0 Å². The van der Waals surface area contributed by atoms with Gasteiger partial charge < -0.3 is 0 Å². The van der Waals surface area contributed by atoms with Gasteiger partial charge in [0.25, 0.3) is 5.69 Å². The molecule has 0 aliphatic carbocycles. The first-order valence-electron chi connectivity index (χ1n) is 8.90. The van der Waals surface area contributed by atoms with Crippen molar-refractivity contribution in [3.05, 3.63) is 69.3 Å². The van der Waals surface area contributed by atoms with Crippen molar-refractivity contribution in [2.75, 3.05) is 13.1 Å². The minimum atomic E-state index is -3.85. The lowest BCUT2D eigenvalue weighted by atomic mass is 10.1. The molecule has 7 nitrogen and oxygen atoms in total. The Morgan fingerprint density at radius 3 is 2.52 bits per heavy atom. The van der Waals surface area contributed by atoms with Crippen LogP contribution >= 0.6 is 0 Å². The zero-order valence-electron chi connectivity index (χ0n) is 15.2. The third-order valence-corrected chi connectivity index (χ3v) is 6.28. The van der Waals surface area contributed by atoms with Crippen LogP contribution in [-0.4, -0.2) is 31.3 Å². The van der Waals surface area contributed by atoms with Crippen LogP contribution in [0.5, 0.6) is 0 Å². The van der Waals surface area contributed by atoms with E-state index in [0.717, 1.165) is 36.8 Å². The van der Waals surface area contributed by atoms with Crippen molar-refractivity contribution in [3.8, 4) is 0 Å². The Morgan fingerprint density at radius 2 is 1.81 bits per heavy atom. The van der Waals surface area contributed by atoms with Gasteiger partial charge in [-0.05, 0) is 49.5 Å². The van der Waals surface area contributed by atoms with Gasteiger partial charge in [0, 0.05) is 25.2 Å². The van der Waals surface area contributed by atoms with Gasteiger partial charge in [0.05, 0.1) is 9.82 Å². The van der Waals surface area contributed by atoms with E-state index in [0.29, 0.717) is 5.56 Å². The van der Waals surface area contributed by atoms with E-state index in [2.05, 4.69) is 9.62 Å². The highest BCUT2D eigenvalue weighted by atomic mass is 32.2. The van der Waals surface area contributed by atoms with Crippen molar-refractivity contribution in [3.63, 3.8) is 0 Å². The average molecular weight is 389 g/mol.